The molecule has 96 valence electrons. The standard InChI is InChI=1S/C14H18N2O2/c1-3-17-13-6-4-5-7-14(13)18-9-8-12-10-11(2)15-16-12/h4-7,10H,3,8-9H2,1-2H3,(H,15,16). The van der Waals surface area contributed by atoms with E-state index in [0.717, 1.165) is 29.3 Å². The Morgan fingerprint density at radius 2 is 1.89 bits per heavy atom. The monoisotopic (exact) mass is 246 g/mol. The first-order chi connectivity index (χ1) is 8.79. The second-order valence-electron chi connectivity index (χ2n) is 4.02. The fraction of sp³-hybridized carbons (Fsp3) is 0.357. The fourth-order valence-electron chi connectivity index (χ4n) is 1.71. The molecule has 0 saturated heterocycles. The molecule has 2 aromatic rings. The summed E-state index contributed by atoms with van der Waals surface area (Å²) in [6.45, 7) is 5.18. The van der Waals surface area contributed by atoms with E-state index in [1.807, 2.05) is 44.2 Å². The van der Waals surface area contributed by atoms with Gasteiger partial charge in [-0.2, -0.15) is 5.10 Å². The van der Waals surface area contributed by atoms with E-state index < -0.39 is 0 Å². The van der Waals surface area contributed by atoms with Crippen molar-refractivity contribution < 1.29 is 9.47 Å². The third-order valence-corrected chi connectivity index (χ3v) is 2.52. The van der Waals surface area contributed by atoms with E-state index in [4.69, 9.17) is 9.47 Å². The summed E-state index contributed by atoms with van der Waals surface area (Å²) in [7, 11) is 0. The van der Waals surface area contributed by atoms with Crippen LogP contribution in [0, 0.1) is 6.92 Å². The number of aromatic amines is 1. The summed E-state index contributed by atoms with van der Waals surface area (Å²) < 4.78 is 11.2. The van der Waals surface area contributed by atoms with Gasteiger partial charge in [-0.25, -0.2) is 0 Å². The predicted molar refractivity (Wildman–Crippen MR) is 70.1 cm³/mol. The van der Waals surface area contributed by atoms with Gasteiger partial charge in [-0.3, -0.25) is 5.10 Å². The molecule has 0 amide bonds. The number of nitrogens with zero attached hydrogens (tertiary/aromatic N) is 1. The maximum Gasteiger partial charge on any atom is 0.161 e. The van der Waals surface area contributed by atoms with E-state index in [2.05, 4.69) is 10.2 Å². The SMILES string of the molecule is CCOc1ccccc1OCCc1cc(C)[nH]n1. The van der Waals surface area contributed by atoms with E-state index in [-0.39, 0.29) is 0 Å². The molecule has 0 unspecified atom stereocenters. The van der Waals surface area contributed by atoms with Gasteiger partial charge in [0, 0.05) is 12.1 Å². The topological polar surface area (TPSA) is 47.1 Å². The highest BCUT2D eigenvalue weighted by atomic mass is 16.5. The molecule has 0 aliphatic heterocycles. The summed E-state index contributed by atoms with van der Waals surface area (Å²) in [4.78, 5) is 0. The van der Waals surface area contributed by atoms with E-state index in [0.29, 0.717) is 13.2 Å². The first-order valence-electron chi connectivity index (χ1n) is 6.15. The van der Waals surface area contributed by atoms with Crippen LogP contribution in [0.15, 0.2) is 30.3 Å². The number of aryl methyl sites for hydroxylation is 1. The molecule has 4 heteroatoms. The second kappa shape index (κ2) is 6.10. The van der Waals surface area contributed by atoms with Gasteiger partial charge in [0.25, 0.3) is 0 Å². The zero-order valence-electron chi connectivity index (χ0n) is 10.8. The summed E-state index contributed by atoms with van der Waals surface area (Å²) in [6, 6.07) is 9.74. The van der Waals surface area contributed by atoms with Crippen LogP contribution in [0.2, 0.25) is 0 Å². The first-order valence-corrected chi connectivity index (χ1v) is 6.15. The summed E-state index contributed by atoms with van der Waals surface area (Å²) in [5.74, 6) is 1.57. The zero-order valence-corrected chi connectivity index (χ0v) is 10.8. The average molecular weight is 246 g/mol. The molecule has 4 nitrogen and oxygen atoms in total. The smallest absolute Gasteiger partial charge is 0.161 e. The van der Waals surface area contributed by atoms with Gasteiger partial charge in [0.2, 0.25) is 0 Å². The lowest BCUT2D eigenvalue weighted by Crippen LogP contribution is -2.03. The zero-order chi connectivity index (χ0) is 12.8. The van der Waals surface area contributed by atoms with Crippen molar-refractivity contribution in [3.8, 4) is 11.5 Å². The van der Waals surface area contributed by atoms with Gasteiger partial charge in [-0.15, -0.1) is 0 Å². The summed E-state index contributed by atoms with van der Waals surface area (Å²) >= 11 is 0. The van der Waals surface area contributed by atoms with E-state index in [9.17, 15) is 0 Å². The minimum absolute atomic E-state index is 0.592. The molecule has 0 aliphatic carbocycles. The quantitative estimate of drug-likeness (QED) is 0.852. The number of ether oxygens (including phenoxy) is 2. The highest BCUT2D eigenvalue weighted by molar-refractivity contribution is 5.39. The van der Waals surface area contributed by atoms with Gasteiger partial charge < -0.3 is 9.47 Å². The normalized spacial score (nSPS) is 10.3. The Balaban J connectivity index is 1.89. The molecule has 0 fully saturated rings. The van der Waals surface area contributed by atoms with E-state index >= 15 is 0 Å². The molecule has 1 heterocycles. The van der Waals surface area contributed by atoms with Crippen LogP contribution in [0.1, 0.15) is 18.3 Å². The van der Waals surface area contributed by atoms with E-state index in [1.165, 1.54) is 0 Å². The molecule has 0 bridgehead atoms. The molecule has 0 aliphatic rings. The number of hydrogen-bond acceptors (Lipinski definition) is 3. The van der Waals surface area contributed by atoms with Crippen molar-refractivity contribution in [3.63, 3.8) is 0 Å². The third-order valence-electron chi connectivity index (χ3n) is 2.52. The lowest BCUT2D eigenvalue weighted by Gasteiger charge is -2.10. The van der Waals surface area contributed by atoms with Crippen LogP contribution in [-0.4, -0.2) is 23.4 Å². The Bertz CT molecular complexity index is 494. The lowest BCUT2D eigenvalue weighted by molar-refractivity contribution is 0.278. The molecule has 1 N–H and O–H groups in total. The number of hydrogen-bond donors (Lipinski definition) is 1. The van der Waals surface area contributed by atoms with Crippen LogP contribution in [0.3, 0.4) is 0 Å². The Morgan fingerprint density at radius 1 is 1.17 bits per heavy atom. The first kappa shape index (κ1) is 12.5. The van der Waals surface area contributed by atoms with Gasteiger partial charge in [0.1, 0.15) is 0 Å². The molecule has 1 aromatic carbocycles. The van der Waals surface area contributed by atoms with E-state index in [1.54, 1.807) is 0 Å². The molecular formula is C14H18N2O2. The molecule has 0 radical (unpaired) electrons. The highest BCUT2D eigenvalue weighted by Crippen LogP contribution is 2.26. The molecule has 2 rings (SSSR count). The largest absolute Gasteiger partial charge is 0.490 e. The number of benzene rings is 1. The maximum absolute atomic E-state index is 5.72. The molecule has 0 saturated carbocycles. The molecule has 0 atom stereocenters. The van der Waals surface area contributed by atoms with Crippen molar-refractivity contribution in [2.45, 2.75) is 20.3 Å². The molecule has 18 heavy (non-hydrogen) atoms. The van der Waals surface area contributed by atoms with Crippen LogP contribution in [0.25, 0.3) is 0 Å². The number of rotatable bonds is 6. The van der Waals surface area contributed by atoms with Gasteiger partial charge >= 0.3 is 0 Å². The van der Waals surface area contributed by atoms with Crippen molar-refractivity contribution in [2.75, 3.05) is 13.2 Å². The predicted octanol–water partition coefficient (Wildman–Crippen LogP) is 2.74. The van der Waals surface area contributed by atoms with Crippen molar-refractivity contribution in [2.24, 2.45) is 0 Å². The maximum atomic E-state index is 5.72. The van der Waals surface area contributed by atoms with Crippen LogP contribution in [0.5, 0.6) is 11.5 Å². The summed E-state index contributed by atoms with van der Waals surface area (Å²) in [5.41, 5.74) is 2.08. The van der Waals surface area contributed by atoms with Gasteiger partial charge in [-0.05, 0) is 32.0 Å². The summed E-state index contributed by atoms with van der Waals surface area (Å²) in [6.07, 6.45) is 0.783. The van der Waals surface area contributed by atoms with Gasteiger partial charge in [0.05, 0.1) is 18.9 Å². The van der Waals surface area contributed by atoms with Crippen molar-refractivity contribution in [3.05, 3.63) is 41.7 Å². The minimum atomic E-state index is 0.592. The van der Waals surface area contributed by atoms with Crippen LogP contribution >= 0.6 is 0 Å². The minimum Gasteiger partial charge on any atom is -0.490 e. The Morgan fingerprint density at radius 3 is 2.50 bits per heavy atom. The van der Waals surface area contributed by atoms with Crippen LogP contribution in [-0.2, 0) is 6.42 Å². The summed E-state index contributed by atoms with van der Waals surface area (Å²) in [5, 5.41) is 7.09. The number of aromatic nitrogens is 2. The van der Waals surface area contributed by atoms with Crippen LogP contribution < -0.4 is 9.47 Å². The van der Waals surface area contributed by atoms with Crippen LogP contribution in [0.4, 0.5) is 0 Å². The average Bonchev–Trinajstić information content (AvgIpc) is 2.78. The Hall–Kier alpha value is -1.97. The number of para-hydroxylation sites is 2. The molecular weight excluding hydrogens is 228 g/mol. The Kier molecular flexibility index (Phi) is 4.23. The fourth-order valence-corrected chi connectivity index (χ4v) is 1.71. The third kappa shape index (κ3) is 3.26. The molecule has 0 spiro atoms. The van der Waals surface area contributed by atoms with Crippen molar-refractivity contribution in [1.29, 1.82) is 0 Å². The Labute approximate surface area is 107 Å². The number of H-pyrrole nitrogens is 1. The number of nitrogens with one attached hydrogen (secondary N) is 1. The second-order valence-corrected chi connectivity index (χ2v) is 4.02. The lowest BCUT2D eigenvalue weighted by atomic mass is 10.3. The van der Waals surface area contributed by atoms with Gasteiger partial charge in [-0.1, -0.05) is 12.1 Å². The van der Waals surface area contributed by atoms with Crippen molar-refractivity contribution >= 4 is 0 Å². The molecule has 1 aromatic heterocycles. The highest BCUT2D eigenvalue weighted by Gasteiger charge is 2.04. The van der Waals surface area contributed by atoms with Crippen molar-refractivity contribution in [1.82, 2.24) is 10.2 Å². The van der Waals surface area contributed by atoms with Gasteiger partial charge in [0.15, 0.2) is 11.5 Å².